The van der Waals surface area contributed by atoms with Crippen LogP contribution in [0, 0.1) is 6.92 Å². The van der Waals surface area contributed by atoms with Crippen LogP contribution in [-0.2, 0) is 6.61 Å². The Morgan fingerprint density at radius 1 is 1.39 bits per heavy atom. The Bertz CT molecular complexity index is 546. The summed E-state index contributed by atoms with van der Waals surface area (Å²) in [6.07, 6.45) is 0. The van der Waals surface area contributed by atoms with Gasteiger partial charge in [0.05, 0.1) is 5.71 Å². The summed E-state index contributed by atoms with van der Waals surface area (Å²) in [6.45, 7) is 4.19. The van der Waals surface area contributed by atoms with Crippen molar-refractivity contribution in [3.63, 3.8) is 0 Å². The third kappa shape index (κ3) is 3.07. The van der Waals surface area contributed by atoms with E-state index >= 15 is 0 Å². The molecule has 0 bridgehead atoms. The molecule has 1 aromatic carbocycles. The molecule has 1 heterocycles. The van der Waals surface area contributed by atoms with Crippen molar-refractivity contribution in [3.05, 3.63) is 45.9 Å². The lowest BCUT2D eigenvalue weighted by molar-refractivity contribution is 0.305. The van der Waals surface area contributed by atoms with Gasteiger partial charge in [0.2, 0.25) is 0 Å². The van der Waals surface area contributed by atoms with Crippen molar-refractivity contribution < 1.29 is 9.94 Å². The summed E-state index contributed by atoms with van der Waals surface area (Å²) >= 11 is 1.59. The second-order valence-electron chi connectivity index (χ2n) is 3.88. The van der Waals surface area contributed by atoms with Crippen LogP contribution in [0.3, 0.4) is 0 Å². The quantitative estimate of drug-likeness (QED) is 0.523. The zero-order valence-electron chi connectivity index (χ0n) is 10.3. The van der Waals surface area contributed by atoms with Crippen LogP contribution in [0.1, 0.15) is 23.2 Å². The first-order valence-corrected chi connectivity index (χ1v) is 6.40. The first-order valence-electron chi connectivity index (χ1n) is 5.52. The highest BCUT2D eigenvalue weighted by Gasteiger charge is 2.01. The molecule has 0 fully saturated rings. The molecule has 2 rings (SSSR count). The summed E-state index contributed by atoms with van der Waals surface area (Å²) in [6, 6.07) is 7.42. The van der Waals surface area contributed by atoms with E-state index in [1.807, 2.05) is 36.6 Å². The summed E-state index contributed by atoms with van der Waals surface area (Å²) in [7, 11) is 0. The molecule has 18 heavy (non-hydrogen) atoms. The Kier molecular flexibility index (Phi) is 3.94. The van der Waals surface area contributed by atoms with Gasteiger partial charge in [0, 0.05) is 11.1 Å². The monoisotopic (exact) mass is 262 g/mol. The van der Waals surface area contributed by atoms with Gasteiger partial charge in [0.15, 0.2) is 0 Å². The molecule has 1 N–H and O–H groups in total. The fourth-order valence-electron chi connectivity index (χ4n) is 1.46. The number of oxime groups is 1. The molecule has 0 saturated carbocycles. The Morgan fingerprint density at radius 3 is 2.67 bits per heavy atom. The average Bonchev–Trinajstić information content (AvgIpc) is 2.82. The molecular formula is C13H14N2O2S. The van der Waals surface area contributed by atoms with E-state index < -0.39 is 0 Å². The fraction of sp³-hybridized carbons (Fsp3) is 0.231. The maximum absolute atomic E-state index is 8.66. The third-order valence-corrected chi connectivity index (χ3v) is 3.39. The summed E-state index contributed by atoms with van der Waals surface area (Å²) in [5, 5.41) is 14.8. The highest BCUT2D eigenvalue weighted by atomic mass is 32.1. The molecule has 0 atom stereocenters. The molecule has 5 heteroatoms. The average molecular weight is 262 g/mol. The molecule has 0 amide bonds. The zero-order valence-corrected chi connectivity index (χ0v) is 11.1. The summed E-state index contributed by atoms with van der Waals surface area (Å²) in [5.74, 6) is 0.775. The SMILES string of the molecule is CC(=NO)c1ccc(OCc2nc(C)cs2)cc1. The van der Waals surface area contributed by atoms with Crippen LogP contribution < -0.4 is 4.74 Å². The van der Waals surface area contributed by atoms with Gasteiger partial charge in [0.25, 0.3) is 0 Å². The molecule has 0 saturated heterocycles. The molecule has 94 valence electrons. The lowest BCUT2D eigenvalue weighted by Gasteiger charge is -2.05. The van der Waals surface area contributed by atoms with E-state index in [1.54, 1.807) is 18.3 Å². The van der Waals surface area contributed by atoms with E-state index in [-0.39, 0.29) is 0 Å². The van der Waals surface area contributed by atoms with E-state index in [9.17, 15) is 0 Å². The van der Waals surface area contributed by atoms with E-state index in [0.29, 0.717) is 12.3 Å². The van der Waals surface area contributed by atoms with Crippen molar-refractivity contribution in [3.8, 4) is 5.75 Å². The first-order chi connectivity index (χ1) is 8.69. The van der Waals surface area contributed by atoms with Crippen molar-refractivity contribution >= 4 is 17.0 Å². The fourth-order valence-corrected chi connectivity index (χ4v) is 2.15. The molecule has 0 unspecified atom stereocenters. The van der Waals surface area contributed by atoms with Crippen molar-refractivity contribution in [1.82, 2.24) is 4.98 Å². The molecule has 0 aliphatic carbocycles. The highest BCUT2D eigenvalue weighted by Crippen LogP contribution is 2.16. The Hall–Kier alpha value is -1.88. The number of benzene rings is 1. The summed E-state index contributed by atoms with van der Waals surface area (Å²) < 4.78 is 5.62. The van der Waals surface area contributed by atoms with Crippen LogP contribution in [0.2, 0.25) is 0 Å². The number of aromatic nitrogens is 1. The van der Waals surface area contributed by atoms with Gasteiger partial charge in [-0.2, -0.15) is 0 Å². The van der Waals surface area contributed by atoms with Crippen LogP contribution >= 0.6 is 11.3 Å². The normalized spacial score (nSPS) is 11.6. The lowest BCUT2D eigenvalue weighted by Crippen LogP contribution is -1.97. The largest absolute Gasteiger partial charge is 0.486 e. The predicted molar refractivity (Wildman–Crippen MR) is 71.6 cm³/mol. The molecule has 1 aromatic heterocycles. The van der Waals surface area contributed by atoms with Crippen molar-refractivity contribution in [2.45, 2.75) is 20.5 Å². The van der Waals surface area contributed by atoms with Crippen LogP contribution in [0.4, 0.5) is 0 Å². The van der Waals surface area contributed by atoms with Gasteiger partial charge < -0.3 is 9.94 Å². The van der Waals surface area contributed by atoms with Gasteiger partial charge in [-0.05, 0) is 43.7 Å². The second-order valence-corrected chi connectivity index (χ2v) is 4.82. The Labute approximate surface area is 110 Å². The number of nitrogens with zero attached hydrogens (tertiary/aromatic N) is 2. The topological polar surface area (TPSA) is 54.7 Å². The summed E-state index contributed by atoms with van der Waals surface area (Å²) in [5.41, 5.74) is 2.47. The van der Waals surface area contributed by atoms with Crippen molar-refractivity contribution in [2.24, 2.45) is 5.16 Å². The van der Waals surface area contributed by atoms with Crippen molar-refractivity contribution in [2.75, 3.05) is 0 Å². The Morgan fingerprint density at radius 2 is 2.11 bits per heavy atom. The van der Waals surface area contributed by atoms with Gasteiger partial charge in [0.1, 0.15) is 17.4 Å². The number of aryl methyl sites for hydroxylation is 1. The van der Waals surface area contributed by atoms with Crippen LogP contribution in [0.15, 0.2) is 34.8 Å². The minimum atomic E-state index is 0.477. The number of ether oxygens (including phenoxy) is 1. The van der Waals surface area contributed by atoms with E-state index in [0.717, 1.165) is 22.0 Å². The molecule has 4 nitrogen and oxygen atoms in total. The minimum Gasteiger partial charge on any atom is -0.486 e. The van der Waals surface area contributed by atoms with E-state index in [4.69, 9.17) is 9.94 Å². The van der Waals surface area contributed by atoms with E-state index in [1.165, 1.54) is 0 Å². The highest BCUT2D eigenvalue weighted by molar-refractivity contribution is 7.09. The predicted octanol–water partition coefficient (Wildman–Crippen LogP) is 3.23. The maximum atomic E-state index is 8.66. The van der Waals surface area contributed by atoms with Gasteiger partial charge >= 0.3 is 0 Å². The first kappa shape index (κ1) is 12.6. The molecular weight excluding hydrogens is 248 g/mol. The van der Waals surface area contributed by atoms with Gasteiger partial charge in [-0.1, -0.05) is 5.16 Å². The summed E-state index contributed by atoms with van der Waals surface area (Å²) in [4.78, 5) is 4.33. The second kappa shape index (κ2) is 5.64. The molecule has 2 aromatic rings. The van der Waals surface area contributed by atoms with Gasteiger partial charge in [-0.25, -0.2) is 4.98 Å². The number of hydrogen-bond donors (Lipinski definition) is 1. The van der Waals surface area contributed by atoms with Crippen LogP contribution in [0.25, 0.3) is 0 Å². The van der Waals surface area contributed by atoms with Gasteiger partial charge in [-0.15, -0.1) is 11.3 Å². The minimum absolute atomic E-state index is 0.477. The lowest BCUT2D eigenvalue weighted by atomic mass is 10.1. The number of hydrogen-bond acceptors (Lipinski definition) is 5. The van der Waals surface area contributed by atoms with Crippen LogP contribution in [0.5, 0.6) is 5.75 Å². The van der Waals surface area contributed by atoms with E-state index in [2.05, 4.69) is 10.1 Å². The molecule has 0 aliphatic heterocycles. The number of rotatable bonds is 4. The Balaban J connectivity index is 1.98. The standard InChI is InChI=1S/C13H14N2O2S/c1-9-8-18-13(14-9)7-17-12-5-3-11(4-6-12)10(2)15-16/h3-6,8,16H,7H2,1-2H3. The zero-order chi connectivity index (χ0) is 13.0. The van der Waals surface area contributed by atoms with Gasteiger partial charge in [-0.3, -0.25) is 0 Å². The third-order valence-electron chi connectivity index (χ3n) is 2.45. The molecule has 0 spiro atoms. The van der Waals surface area contributed by atoms with Crippen molar-refractivity contribution in [1.29, 1.82) is 0 Å². The molecule has 0 radical (unpaired) electrons. The maximum Gasteiger partial charge on any atom is 0.140 e. The van der Waals surface area contributed by atoms with Crippen LogP contribution in [-0.4, -0.2) is 15.9 Å². The smallest absolute Gasteiger partial charge is 0.140 e. The number of thiazole rings is 1. The molecule has 0 aliphatic rings.